The number of hydrogen-bond acceptors (Lipinski definition) is 5. The Labute approximate surface area is 188 Å². The summed E-state index contributed by atoms with van der Waals surface area (Å²) in [4.78, 5) is 18.8. The van der Waals surface area contributed by atoms with Crippen molar-refractivity contribution in [2.24, 2.45) is 0 Å². The van der Waals surface area contributed by atoms with Gasteiger partial charge in [-0.25, -0.2) is 13.1 Å². The fourth-order valence-corrected chi connectivity index (χ4v) is 4.85. The molecule has 2 aromatic carbocycles. The predicted molar refractivity (Wildman–Crippen MR) is 124 cm³/mol. The van der Waals surface area contributed by atoms with Crippen molar-refractivity contribution in [1.29, 1.82) is 0 Å². The molecule has 0 radical (unpaired) electrons. The quantitative estimate of drug-likeness (QED) is 0.578. The fraction of sp³-hybridized carbons (Fsp3) is 0.250. The van der Waals surface area contributed by atoms with Crippen molar-refractivity contribution in [3.05, 3.63) is 89.2 Å². The number of nitrogens with zero attached hydrogens (tertiary/aromatic N) is 2. The molecule has 4 rings (SSSR count). The number of sulfonamides is 1. The van der Waals surface area contributed by atoms with Crippen molar-refractivity contribution in [3.63, 3.8) is 0 Å². The largest absolute Gasteiger partial charge is 0.321 e. The molecule has 1 amide bonds. The van der Waals surface area contributed by atoms with Crippen LogP contribution in [0.5, 0.6) is 0 Å². The van der Waals surface area contributed by atoms with Crippen LogP contribution in [0.3, 0.4) is 0 Å². The summed E-state index contributed by atoms with van der Waals surface area (Å²) in [5, 5.41) is 2.77. The lowest BCUT2D eigenvalue weighted by atomic mass is 10.1. The van der Waals surface area contributed by atoms with E-state index in [9.17, 15) is 13.2 Å². The number of rotatable bonds is 7. The van der Waals surface area contributed by atoms with Crippen LogP contribution in [-0.4, -0.2) is 44.3 Å². The molecule has 3 aromatic rings. The van der Waals surface area contributed by atoms with E-state index >= 15 is 0 Å². The summed E-state index contributed by atoms with van der Waals surface area (Å²) in [5.41, 5.74) is 4.16. The summed E-state index contributed by atoms with van der Waals surface area (Å²) < 4.78 is 28.3. The molecule has 0 saturated heterocycles. The molecule has 1 heterocycles. The highest BCUT2D eigenvalue weighted by molar-refractivity contribution is 7.89. The smallest absolute Gasteiger partial charge is 0.255 e. The molecular formula is C24H26N4O3S. The number of carbonyl (C=O) groups excluding carboxylic acids is 1. The van der Waals surface area contributed by atoms with Crippen LogP contribution in [0.4, 0.5) is 5.69 Å². The van der Waals surface area contributed by atoms with Gasteiger partial charge >= 0.3 is 0 Å². The van der Waals surface area contributed by atoms with E-state index in [-0.39, 0.29) is 17.3 Å². The van der Waals surface area contributed by atoms with Crippen LogP contribution in [0.25, 0.3) is 0 Å². The van der Waals surface area contributed by atoms with Gasteiger partial charge in [0.05, 0.1) is 16.8 Å². The first-order chi connectivity index (χ1) is 15.3. The van der Waals surface area contributed by atoms with E-state index in [4.69, 9.17) is 0 Å². The zero-order valence-electron chi connectivity index (χ0n) is 18.1. The van der Waals surface area contributed by atoms with E-state index in [0.29, 0.717) is 17.3 Å². The Morgan fingerprint density at radius 3 is 2.50 bits per heavy atom. The summed E-state index contributed by atoms with van der Waals surface area (Å²) in [6.45, 7) is 0.143. The summed E-state index contributed by atoms with van der Waals surface area (Å²) in [7, 11) is 0.456. The Morgan fingerprint density at radius 2 is 1.81 bits per heavy atom. The lowest BCUT2D eigenvalue weighted by molar-refractivity contribution is 0.102. The molecule has 7 nitrogen and oxygen atoms in total. The first kappa shape index (κ1) is 22.1. The number of amides is 1. The van der Waals surface area contributed by atoms with Crippen molar-refractivity contribution in [1.82, 2.24) is 14.6 Å². The van der Waals surface area contributed by atoms with Gasteiger partial charge in [-0.3, -0.25) is 9.78 Å². The maximum atomic E-state index is 12.8. The van der Waals surface area contributed by atoms with Gasteiger partial charge in [0.15, 0.2) is 0 Å². The van der Waals surface area contributed by atoms with E-state index in [1.807, 2.05) is 20.2 Å². The van der Waals surface area contributed by atoms with Crippen LogP contribution in [0.2, 0.25) is 0 Å². The van der Waals surface area contributed by atoms with Crippen LogP contribution < -0.4 is 10.0 Å². The molecule has 1 aromatic heterocycles. The van der Waals surface area contributed by atoms with Gasteiger partial charge in [-0.15, -0.1) is 0 Å². The highest BCUT2D eigenvalue weighted by Gasteiger charge is 2.25. The maximum absolute atomic E-state index is 12.8. The summed E-state index contributed by atoms with van der Waals surface area (Å²) in [6.07, 6.45) is 5.00. The van der Waals surface area contributed by atoms with Gasteiger partial charge in [-0.05, 0) is 80.0 Å². The third-order valence-corrected chi connectivity index (χ3v) is 7.13. The topological polar surface area (TPSA) is 91.4 Å². The van der Waals surface area contributed by atoms with Crippen LogP contribution in [0.1, 0.15) is 27.0 Å². The fourth-order valence-electron chi connectivity index (χ4n) is 3.78. The monoisotopic (exact) mass is 450 g/mol. The Bertz CT molecular complexity index is 1210. The highest BCUT2D eigenvalue weighted by atomic mass is 32.2. The van der Waals surface area contributed by atoms with Crippen molar-refractivity contribution in [2.75, 3.05) is 19.4 Å². The second-order valence-electron chi connectivity index (χ2n) is 8.17. The molecule has 1 unspecified atom stereocenters. The Morgan fingerprint density at radius 1 is 1.06 bits per heavy atom. The third-order valence-electron chi connectivity index (χ3n) is 5.73. The molecule has 0 aliphatic heterocycles. The molecule has 32 heavy (non-hydrogen) atoms. The zero-order valence-corrected chi connectivity index (χ0v) is 18.9. The molecule has 166 valence electrons. The van der Waals surface area contributed by atoms with Crippen molar-refractivity contribution in [3.8, 4) is 0 Å². The van der Waals surface area contributed by atoms with E-state index in [0.717, 1.165) is 24.0 Å². The van der Waals surface area contributed by atoms with E-state index in [2.05, 4.69) is 19.9 Å². The number of anilines is 1. The van der Waals surface area contributed by atoms with Crippen LogP contribution >= 0.6 is 0 Å². The van der Waals surface area contributed by atoms with Gasteiger partial charge in [0.2, 0.25) is 10.0 Å². The normalized spacial score (nSPS) is 15.5. The predicted octanol–water partition coefficient (Wildman–Crippen LogP) is 2.84. The van der Waals surface area contributed by atoms with Crippen molar-refractivity contribution in [2.45, 2.75) is 30.3 Å². The van der Waals surface area contributed by atoms with Crippen LogP contribution in [0, 0.1) is 0 Å². The van der Waals surface area contributed by atoms with Crippen LogP contribution in [-0.2, 0) is 29.4 Å². The Balaban J connectivity index is 1.38. The minimum Gasteiger partial charge on any atom is -0.321 e. The van der Waals surface area contributed by atoms with Gasteiger partial charge in [-0.1, -0.05) is 18.2 Å². The molecular weight excluding hydrogens is 424 g/mol. The van der Waals surface area contributed by atoms with Crippen LogP contribution in [0.15, 0.2) is 71.9 Å². The summed E-state index contributed by atoms with van der Waals surface area (Å²) in [6, 6.07) is 16.1. The molecule has 8 heteroatoms. The minimum atomic E-state index is -3.63. The molecule has 0 saturated carbocycles. The lowest BCUT2D eigenvalue weighted by Crippen LogP contribution is -2.28. The maximum Gasteiger partial charge on any atom is 0.255 e. The van der Waals surface area contributed by atoms with Gasteiger partial charge in [0.25, 0.3) is 5.91 Å². The first-order valence-electron chi connectivity index (χ1n) is 10.4. The third kappa shape index (κ3) is 5.04. The average Bonchev–Trinajstić information content (AvgIpc) is 3.23. The first-order valence-corrected chi connectivity index (χ1v) is 11.9. The molecule has 0 spiro atoms. The van der Waals surface area contributed by atoms with E-state index < -0.39 is 10.0 Å². The van der Waals surface area contributed by atoms with Gasteiger partial charge in [0.1, 0.15) is 0 Å². The number of carbonyl (C=O) groups is 1. The summed E-state index contributed by atoms with van der Waals surface area (Å²) in [5.74, 6) is -0.251. The average molecular weight is 451 g/mol. The van der Waals surface area contributed by atoms with Gasteiger partial charge in [0, 0.05) is 24.3 Å². The Hall–Kier alpha value is -3.07. The molecule has 1 aliphatic carbocycles. The number of fused-ring (bicyclic) bond motifs is 1. The molecule has 0 bridgehead atoms. The molecule has 2 N–H and O–H groups in total. The second kappa shape index (κ2) is 9.20. The minimum absolute atomic E-state index is 0.143. The number of pyridine rings is 1. The van der Waals surface area contributed by atoms with Crippen molar-refractivity contribution < 1.29 is 13.2 Å². The van der Waals surface area contributed by atoms with Crippen molar-refractivity contribution >= 4 is 21.6 Å². The number of hydrogen-bond donors (Lipinski definition) is 2. The number of likely N-dealkylation sites (N-methyl/N-ethyl adjacent to an activating group) is 1. The van der Waals surface area contributed by atoms with Gasteiger partial charge < -0.3 is 10.2 Å². The molecule has 1 aliphatic rings. The van der Waals surface area contributed by atoms with Gasteiger partial charge in [-0.2, -0.15) is 0 Å². The Kier molecular flexibility index (Phi) is 6.36. The van der Waals surface area contributed by atoms with E-state index in [1.165, 1.54) is 5.56 Å². The molecule has 1 atom stereocenters. The standard InChI is InChI=1S/C24H26N4O3S/c1-28(2)22-12-19-9-10-23(14-20(19)13-22)32(30,31)26-15-17-5-7-18(8-6-17)24(29)27-21-4-3-11-25-16-21/h3-11,14,16,22,26H,12-13,15H2,1-2H3,(H,27,29). The number of benzene rings is 2. The SMILES string of the molecule is CN(C)C1Cc2ccc(S(=O)(=O)NCc3ccc(C(=O)Nc4cccnc4)cc3)cc2C1. The number of nitrogens with one attached hydrogen (secondary N) is 2. The van der Waals surface area contributed by atoms with E-state index in [1.54, 1.807) is 60.9 Å². The number of aromatic nitrogens is 1. The lowest BCUT2D eigenvalue weighted by Gasteiger charge is -2.17. The zero-order chi connectivity index (χ0) is 22.7. The molecule has 0 fully saturated rings. The summed E-state index contributed by atoms with van der Waals surface area (Å²) >= 11 is 0. The highest BCUT2D eigenvalue weighted by Crippen LogP contribution is 2.27. The second-order valence-corrected chi connectivity index (χ2v) is 9.94.